The molecule has 3 heterocycles. The molecule has 1 atom stereocenters. The van der Waals surface area contributed by atoms with E-state index < -0.39 is 0 Å². The third-order valence-electron chi connectivity index (χ3n) is 4.90. The van der Waals surface area contributed by atoms with Gasteiger partial charge in [0, 0.05) is 31.7 Å². The number of hydrogen-bond donors (Lipinski definition) is 2. The van der Waals surface area contributed by atoms with Gasteiger partial charge < -0.3 is 15.2 Å². The summed E-state index contributed by atoms with van der Waals surface area (Å²) < 4.78 is 0. The minimum Gasteiger partial charge on any atom is -0.354 e. The van der Waals surface area contributed by atoms with Gasteiger partial charge in [-0.05, 0) is 30.9 Å². The van der Waals surface area contributed by atoms with E-state index >= 15 is 0 Å². The van der Waals surface area contributed by atoms with Crippen molar-refractivity contribution in [1.29, 1.82) is 0 Å². The molecule has 1 amide bonds. The molecule has 6 nitrogen and oxygen atoms in total. The Morgan fingerprint density at radius 3 is 3.00 bits per heavy atom. The number of amides is 1. The van der Waals surface area contributed by atoms with E-state index in [-0.39, 0.29) is 11.9 Å². The van der Waals surface area contributed by atoms with Gasteiger partial charge in [-0.3, -0.25) is 4.79 Å². The number of aromatic amines is 1. The van der Waals surface area contributed by atoms with Gasteiger partial charge in [-0.2, -0.15) is 0 Å². The molecule has 1 fully saturated rings. The van der Waals surface area contributed by atoms with Crippen LogP contribution in [0, 0.1) is 0 Å². The van der Waals surface area contributed by atoms with Crippen LogP contribution in [0.1, 0.15) is 24.8 Å². The Balaban J connectivity index is 1.36. The van der Waals surface area contributed by atoms with Gasteiger partial charge in [0.25, 0.3) is 0 Å². The number of nitrogens with one attached hydrogen (secondary N) is 2. The largest absolute Gasteiger partial charge is 0.354 e. The molecule has 0 bridgehead atoms. The second kappa shape index (κ2) is 7.56. The fourth-order valence-corrected chi connectivity index (χ4v) is 3.60. The minimum atomic E-state index is 0.121. The van der Waals surface area contributed by atoms with E-state index in [2.05, 4.69) is 37.3 Å². The van der Waals surface area contributed by atoms with E-state index in [1.165, 1.54) is 5.56 Å². The lowest BCUT2D eigenvalue weighted by molar-refractivity contribution is -0.121. The topological polar surface area (TPSA) is 73.9 Å². The van der Waals surface area contributed by atoms with Crippen molar-refractivity contribution in [3.05, 3.63) is 54.5 Å². The number of rotatable bonds is 5. The maximum atomic E-state index is 12.3. The number of H-pyrrole nitrogens is 1. The molecule has 3 aromatic rings. The molecule has 0 unspecified atom stereocenters. The molecular formula is C20H23N5O. The van der Waals surface area contributed by atoms with E-state index in [0.717, 1.165) is 49.2 Å². The molecule has 1 saturated heterocycles. The predicted molar refractivity (Wildman–Crippen MR) is 102 cm³/mol. The van der Waals surface area contributed by atoms with Gasteiger partial charge in [-0.15, -0.1) is 0 Å². The molecule has 1 aliphatic rings. The van der Waals surface area contributed by atoms with Gasteiger partial charge in [0.2, 0.25) is 5.91 Å². The van der Waals surface area contributed by atoms with Crippen LogP contribution in [0.15, 0.2) is 48.9 Å². The predicted octanol–water partition coefficient (Wildman–Crippen LogP) is 2.68. The Labute approximate surface area is 152 Å². The van der Waals surface area contributed by atoms with E-state index in [0.29, 0.717) is 6.42 Å². The summed E-state index contributed by atoms with van der Waals surface area (Å²) in [6.07, 6.45) is 6.83. The van der Waals surface area contributed by atoms with Crippen LogP contribution in [0.4, 0.5) is 5.82 Å². The highest BCUT2D eigenvalue weighted by Crippen LogP contribution is 2.25. The summed E-state index contributed by atoms with van der Waals surface area (Å²) in [7, 11) is 0. The third kappa shape index (κ3) is 3.69. The van der Waals surface area contributed by atoms with Crippen molar-refractivity contribution in [1.82, 2.24) is 20.3 Å². The van der Waals surface area contributed by atoms with Gasteiger partial charge in [0.1, 0.15) is 17.8 Å². The average molecular weight is 349 g/mol. The summed E-state index contributed by atoms with van der Waals surface area (Å²) in [4.78, 5) is 26.4. The molecule has 2 aromatic heterocycles. The molecule has 2 N–H and O–H groups in total. The first-order chi connectivity index (χ1) is 12.8. The molecule has 6 heteroatoms. The van der Waals surface area contributed by atoms with Crippen LogP contribution >= 0.6 is 0 Å². The first kappa shape index (κ1) is 16.6. The van der Waals surface area contributed by atoms with Crippen LogP contribution in [0.2, 0.25) is 0 Å². The van der Waals surface area contributed by atoms with Crippen molar-refractivity contribution in [2.75, 3.05) is 18.0 Å². The van der Waals surface area contributed by atoms with Crippen molar-refractivity contribution in [2.45, 2.75) is 31.7 Å². The molecule has 0 radical (unpaired) electrons. The number of aryl methyl sites for hydroxylation is 1. The van der Waals surface area contributed by atoms with Gasteiger partial charge in [0.15, 0.2) is 0 Å². The Morgan fingerprint density at radius 2 is 2.12 bits per heavy atom. The summed E-state index contributed by atoms with van der Waals surface area (Å²) in [6, 6.07) is 12.3. The monoisotopic (exact) mass is 349 g/mol. The van der Waals surface area contributed by atoms with Crippen LogP contribution in [0.25, 0.3) is 11.0 Å². The van der Waals surface area contributed by atoms with Crippen LogP contribution in [-0.4, -0.2) is 40.0 Å². The van der Waals surface area contributed by atoms with Crippen molar-refractivity contribution in [3.63, 3.8) is 0 Å². The average Bonchev–Trinajstić information content (AvgIpc) is 3.16. The van der Waals surface area contributed by atoms with Crippen LogP contribution in [0.3, 0.4) is 0 Å². The van der Waals surface area contributed by atoms with Crippen LogP contribution < -0.4 is 10.2 Å². The smallest absolute Gasteiger partial charge is 0.220 e. The lowest BCUT2D eigenvalue weighted by Gasteiger charge is -2.34. The number of aromatic nitrogens is 3. The second-order valence-corrected chi connectivity index (χ2v) is 6.78. The standard InChI is InChI=1S/C20H23N5O/c26-18(9-8-15-5-2-1-3-6-15)24-16-7-4-12-25(13-16)20-17-10-11-21-19(17)22-14-23-20/h1-3,5-6,10-11,14,16H,4,7-9,12-13H2,(H,24,26)(H,21,22,23)/t16-/m0/s1. The lowest BCUT2D eigenvalue weighted by atomic mass is 10.0. The van der Waals surface area contributed by atoms with Gasteiger partial charge in [-0.25, -0.2) is 9.97 Å². The molecular weight excluding hydrogens is 326 g/mol. The minimum absolute atomic E-state index is 0.121. The summed E-state index contributed by atoms with van der Waals surface area (Å²) in [5.41, 5.74) is 2.05. The van der Waals surface area contributed by atoms with Crippen molar-refractivity contribution in [3.8, 4) is 0 Å². The Kier molecular flexibility index (Phi) is 4.82. The number of anilines is 1. The van der Waals surface area contributed by atoms with Crippen molar-refractivity contribution >= 4 is 22.8 Å². The Morgan fingerprint density at radius 1 is 1.23 bits per heavy atom. The van der Waals surface area contributed by atoms with Crippen molar-refractivity contribution in [2.24, 2.45) is 0 Å². The third-order valence-corrected chi connectivity index (χ3v) is 4.90. The fourth-order valence-electron chi connectivity index (χ4n) is 3.60. The zero-order chi connectivity index (χ0) is 17.8. The maximum absolute atomic E-state index is 12.3. The molecule has 1 aromatic carbocycles. The number of nitrogens with zero attached hydrogens (tertiary/aromatic N) is 3. The number of fused-ring (bicyclic) bond motifs is 1. The molecule has 4 rings (SSSR count). The number of benzene rings is 1. The van der Waals surface area contributed by atoms with Gasteiger partial charge >= 0.3 is 0 Å². The van der Waals surface area contributed by atoms with Crippen molar-refractivity contribution < 1.29 is 4.79 Å². The van der Waals surface area contributed by atoms with E-state index in [1.54, 1.807) is 6.33 Å². The number of hydrogen-bond acceptors (Lipinski definition) is 4. The highest BCUT2D eigenvalue weighted by atomic mass is 16.1. The fraction of sp³-hybridized carbons (Fsp3) is 0.350. The molecule has 0 aliphatic carbocycles. The zero-order valence-corrected chi connectivity index (χ0v) is 14.7. The molecule has 0 saturated carbocycles. The summed E-state index contributed by atoms with van der Waals surface area (Å²) >= 11 is 0. The lowest BCUT2D eigenvalue weighted by Crippen LogP contribution is -2.48. The van der Waals surface area contributed by atoms with E-state index in [4.69, 9.17) is 0 Å². The number of carbonyl (C=O) groups excluding carboxylic acids is 1. The molecule has 0 spiro atoms. The first-order valence-corrected chi connectivity index (χ1v) is 9.16. The van der Waals surface area contributed by atoms with Gasteiger partial charge in [-0.1, -0.05) is 30.3 Å². The van der Waals surface area contributed by atoms with E-state index in [9.17, 15) is 4.79 Å². The summed E-state index contributed by atoms with van der Waals surface area (Å²) in [6.45, 7) is 1.74. The number of piperidine rings is 1. The SMILES string of the molecule is O=C(CCc1ccccc1)N[C@H]1CCCN(c2ncnc3[nH]ccc23)C1. The molecule has 1 aliphatic heterocycles. The summed E-state index contributed by atoms with van der Waals surface area (Å²) in [5.74, 6) is 1.06. The highest BCUT2D eigenvalue weighted by molar-refractivity contribution is 5.87. The quantitative estimate of drug-likeness (QED) is 0.743. The summed E-state index contributed by atoms with van der Waals surface area (Å²) in [5, 5.41) is 4.23. The molecule has 26 heavy (non-hydrogen) atoms. The second-order valence-electron chi connectivity index (χ2n) is 6.78. The van der Waals surface area contributed by atoms with E-state index in [1.807, 2.05) is 30.5 Å². The molecule has 134 valence electrons. The zero-order valence-electron chi connectivity index (χ0n) is 14.7. The normalized spacial score (nSPS) is 17.4. The highest BCUT2D eigenvalue weighted by Gasteiger charge is 2.23. The Bertz CT molecular complexity index is 876. The number of carbonyl (C=O) groups is 1. The Hall–Kier alpha value is -2.89. The maximum Gasteiger partial charge on any atom is 0.220 e. The first-order valence-electron chi connectivity index (χ1n) is 9.16. The van der Waals surface area contributed by atoms with Crippen LogP contribution in [0.5, 0.6) is 0 Å². The van der Waals surface area contributed by atoms with Gasteiger partial charge in [0.05, 0.1) is 5.39 Å². The van der Waals surface area contributed by atoms with Crippen LogP contribution in [-0.2, 0) is 11.2 Å².